The molecule has 0 aliphatic heterocycles. The molecule has 0 fully saturated rings. The summed E-state index contributed by atoms with van der Waals surface area (Å²) in [4.78, 5) is 12.5. The lowest BCUT2D eigenvalue weighted by Crippen LogP contribution is -2.15. The number of carbonyl (C=O) groups is 1. The Hall–Kier alpha value is -3.29. The summed E-state index contributed by atoms with van der Waals surface area (Å²) in [6.45, 7) is 3.21. The summed E-state index contributed by atoms with van der Waals surface area (Å²) in [5.41, 5.74) is 4.04. The molecule has 4 rings (SSSR count). The quantitative estimate of drug-likeness (QED) is 0.273. The van der Waals surface area contributed by atoms with E-state index in [1.807, 2.05) is 73.7 Å². The third-order valence-electron chi connectivity index (χ3n) is 5.17. The van der Waals surface area contributed by atoms with Crippen LogP contribution in [0.4, 0.5) is 11.4 Å². The molecule has 6 nitrogen and oxygen atoms in total. The van der Waals surface area contributed by atoms with Crippen molar-refractivity contribution in [2.24, 2.45) is 0 Å². The minimum Gasteiger partial charge on any atom is -0.378 e. The SMILES string of the molecule is Cc1cccc(NC(=O)CSc2nnc(CNc3cccc(Cl)c3)n2CCc2ccccc2)c1. The van der Waals surface area contributed by atoms with Gasteiger partial charge >= 0.3 is 0 Å². The van der Waals surface area contributed by atoms with Crippen LogP contribution in [0.5, 0.6) is 0 Å². The maximum absolute atomic E-state index is 12.5. The van der Waals surface area contributed by atoms with Gasteiger partial charge in [0.2, 0.25) is 5.91 Å². The molecule has 34 heavy (non-hydrogen) atoms. The van der Waals surface area contributed by atoms with E-state index in [1.165, 1.54) is 17.3 Å². The van der Waals surface area contributed by atoms with Gasteiger partial charge < -0.3 is 15.2 Å². The maximum Gasteiger partial charge on any atom is 0.234 e. The van der Waals surface area contributed by atoms with Crippen LogP contribution in [0.3, 0.4) is 0 Å². The lowest BCUT2D eigenvalue weighted by Gasteiger charge is -2.12. The molecule has 0 radical (unpaired) electrons. The minimum atomic E-state index is -0.0770. The third-order valence-corrected chi connectivity index (χ3v) is 6.37. The number of aryl methyl sites for hydroxylation is 2. The van der Waals surface area contributed by atoms with Gasteiger partial charge in [0, 0.05) is 22.9 Å². The van der Waals surface area contributed by atoms with E-state index in [9.17, 15) is 4.79 Å². The van der Waals surface area contributed by atoms with Crippen molar-refractivity contribution in [1.29, 1.82) is 0 Å². The highest BCUT2D eigenvalue weighted by Crippen LogP contribution is 2.21. The third kappa shape index (κ3) is 6.85. The Bertz CT molecular complexity index is 1240. The zero-order chi connectivity index (χ0) is 23.8. The number of rotatable bonds is 10. The van der Waals surface area contributed by atoms with Crippen molar-refractivity contribution in [1.82, 2.24) is 14.8 Å². The molecule has 0 spiro atoms. The van der Waals surface area contributed by atoms with E-state index in [0.717, 1.165) is 34.3 Å². The lowest BCUT2D eigenvalue weighted by atomic mass is 10.1. The molecule has 1 heterocycles. The molecule has 8 heteroatoms. The Morgan fingerprint density at radius 3 is 2.56 bits per heavy atom. The monoisotopic (exact) mass is 491 g/mol. The number of nitrogens with one attached hydrogen (secondary N) is 2. The molecule has 0 aliphatic rings. The number of amides is 1. The van der Waals surface area contributed by atoms with Crippen molar-refractivity contribution in [3.05, 3.63) is 101 Å². The summed E-state index contributed by atoms with van der Waals surface area (Å²) in [7, 11) is 0. The van der Waals surface area contributed by atoms with Crippen LogP contribution in [0, 0.1) is 6.92 Å². The molecule has 3 aromatic carbocycles. The van der Waals surface area contributed by atoms with Crippen molar-refractivity contribution in [2.45, 2.75) is 31.6 Å². The number of halogens is 1. The second-order valence-electron chi connectivity index (χ2n) is 7.86. The second-order valence-corrected chi connectivity index (χ2v) is 9.24. The van der Waals surface area contributed by atoms with E-state index in [2.05, 4.69) is 37.5 Å². The molecule has 0 saturated heterocycles. The van der Waals surface area contributed by atoms with Gasteiger partial charge in [-0.05, 0) is 54.8 Å². The average Bonchev–Trinajstić information content (AvgIpc) is 3.22. The largest absolute Gasteiger partial charge is 0.378 e. The molecule has 0 saturated carbocycles. The number of benzene rings is 3. The van der Waals surface area contributed by atoms with E-state index < -0.39 is 0 Å². The van der Waals surface area contributed by atoms with Gasteiger partial charge in [0.05, 0.1) is 12.3 Å². The number of nitrogens with zero attached hydrogens (tertiary/aromatic N) is 3. The van der Waals surface area contributed by atoms with Crippen LogP contribution in [-0.4, -0.2) is 26.4 Å². The minimum absolute atomic E-state index is 0.0770. The van der Waals surface area contributed by atoms with Crippen molar-refractivity contribution >= 4 is 40.6 Å². The van der Waals surface area contributed by atoms with Crippen LogP contribution in [-0.2, 0) is 24.3 Å². The number of carbonyl (C=O) groups excluding carboxylic acids is 1. The number of thioether (sulfide) groups is 1. The van der Waals surface area contributed by atoms with Crippen molar-refractivity contribution in [3.8, 4) is 0 Å². The normalized spacial score (nSPS) is 10.8. The Morgan fingerprint density at radius 1 is 0.971 bits per heavy atom. The fourth-order valence-corrected chi connectivity index (χ4v) is 4.47. The smallest absolute Gasteiger partial charge is 0.234 e. The van der Waals surface area contributed by atoms with Crippen LogP contribution in [0.2, 0.25) is 5.02 Å². The predicted molar refractivity (Wildman–Crippen MR) is 139 cm³/mol. The Labute approximate surface area is 208 Å². The number of hydrogen-bond donors (Lipinski definition) is 2. The molecule has 0 atom stereocenters. The molecule has 0 aliphatic carbocycles. The summed E-state index contributed by atoms with van der Waals surface area (Å²) in [5, 5.41) is 16.5. The molecule has 0 unspecified atom stereocenters. The molecule has 2 N–H and O–H groups in total. The topological polar surface area (TPSA) is 71.8 Å². The first-order chi connectivity index (χ1) is 16.6. The van der Waals surface area contributed by atoms with Crippen LogP contribution < -0.4 is 10.6 Å². The zero-order valence-electron chi connectivity index (χ0n) is 18.9. The van der Waals surface area contributed by atoms with Crippen LogP contribution in [0.25, 0.3) is 0 Å². The van der Waals surface area contributed by atoms with Gasteiger partial charge in [-0.15, -0.1) is 10.2 Å². The zero-order valence-corrected chi connectivity index (χ0v) is 20.4. The van der Waals surface area contributed by atoms with E-state index in [0.29, 0.717) is 18.1 Å². The molecule has 0 bridgehead atoms. The highest BCUT2D eigenvalue weighted by Gasteiger charge is 2.15. The van der Waals surface area contributed by atoms with Crippen molar-refractivity contribution in [3.63, 3.8) is 0 Å². The van der Waals surface area contributed by atoms with Gasteiger partial charge in [-0.25, -0.2) is 0 Å². The maximum atomic E-state index is 12.5. The Kier molecular flexibility index (Phi) is 8.22. The standard InChI is InChI=1S/C26H26ClN5OS/c1-19-7-5-12-23(15-19)29-25(33)18-34-26-31-30-24(17-28-22-11-6-10-21(27)16-22)32(26)14-13-20-8-3-2-4-9-20/h2-12,15-16,28H,13-14,17-18H2,1H3,(H,29,33). The van der Waals surface area contributed by atoms with Crippen molar-refractivity contribution < 1.29 is 4.79 Å². The van der Waals surface area contributed by atoms with E-state index in [1.54, 1.807) is 0 Å². The van der Waals surface area contributed by atoms with E-state index in [4.69, 9.17) is 11.6 Å². The van der Waals surface area contributed by atoms with Gasteiger partial charge in [0.15, 0.2) is 11.0 Å². The first kappa shape index (κ1) is 23.9. The molecular formula is C26H26ClN5OS. The first-order valence-electron chi connectivity index (χ1n) is 11.0. The Morgan fingerprint density at radius 2 is 1.76 bits per heavy atom. The van der Waals surface area contributed by atoms with Gasteiger partial charge in [-0.2, -0.15) is 0 Å². The molecule has 1 aromatic heterocycles. The summed E-state index contributed by atoms with van der Waals surface area (Å²) in [5.74, 6) is 0.975. The van der Waals surface area contributed by atoms with Gasteiger partial charge in [0.1, 0.15) is 0 Å². The fourth-order valence-electron chi connectivity index (χ4n) is 3.50. The van der Waals surface area contributed by atoms with E-state index in [-0.39, 0.29) is 11.7 Å². The predicted octanol–water partition coefficient (Wildman–Crippen LogP) is 5.83. The summed E-state index contributed by atoms with van der Waals surface area (Å²) >= 11 is 7.49. The number of hydrogen-bond acceptors (Lipinski definition) is 5. The summed E-state index contributed by atoms with van der Waals surface area (Å²) in [6.07, 6.45) is 0.839. The Balaban J connectivity index is 1.44. The highest BCUT2D eigenvalue weighted by atomic mass is 35.5. The van der Waals surface area contributed by atoms with Crippen LogP contribution in [0.15, 0.2) is 84.0 Å². The first-order valence-corrected chi connectivity index (χ1v) is 12.4. The molecule has 174 valence electrons. The number of anilines is 2. The van der Waals surface area contributed by atoms with Gasteiger partial charge in [-0.1, -0.05) is 71.9 Å². The second kappa shape index (κ2) is 11.7. The van der Waals surface area contributed by atoms with E-state index >= 15 is 0 Å². The summed E-state index contributed by atoms with van der Waals surface area (Å²) < 4.78 is 2.08. The van der Waals surface area contributed by atoms with Gasteiger partial charge in [0.25, 0.3) is 0 Å². The average molecular weight is 492 g/mol. The number of aromatic nitrogens is 3. The molecule has 4 aromatic rings. The fraction of sp³-hybridized carbons (Fsp3) is 0.192. The van der Waals surface area contributed by atoms with Crippen LogP contribution in [0.1, 0.15) is 17.0 Å². The highest BCUT2D eigenvalue weighted by molar-refractivity contribution is 7.99. The lowest BCUT2D eigenvalue weighted by molar-refractivity contribution is -0.113. The van der Waals surface area contributed by atoms with Crippen molar-refractivity contribution in [2.75, 3.05) is 16.4 Å². The molecule has 1 amide bonds. The van der Waals surface area contributed by atoms with Gasteiger partial charge in [-0.3, -0.25) is 4.79 Å². The van der Waals surface area contributed by atoms with Crippen LogP contribution >= 0.6 is 23.4 Å². The molecular weight excluding hydrogens is 466 g/mol. The summed E-state index contributed by atoms with van der Waals surface area (Å²) in [6, 6.07) is 25.6.